The molecule has 2 aromatic rings. The van der Waals surface area contributed by atoms with Gasteiger partial charge in [-0.2, -0.15) is 0 Å². The molecule has 0 amide bonds. The number of benzene rings is 1. The van der Waals surface area contributed by atoms with Crippen molar-refractivity contribution >= 4 is 34.8 Å². The van der Waals surface area contributed by atoms with Crippen LogP contribution in [0.5, 0.6) is 0 Å². The van der Waals surface area contributed by atoms with Gasteiger partial charge in [0.1, 0.15) is 17.2 Å². The highest BCUT2D eigenvalue weighted by Crippen LogP contribution is 2.12. The van der Waals surface area contributed by atoms with Gasteiger partial charge in [0.25, 0.3) is 0 Å². The summed E-state index contributed by atoms with van der Waals surface area (Å²) in [5.74, 6) is -4.90. The number of fused-ring (bicyclic) bond motifs is 1. The maximum absolute atomic E-state index is 11.1. The fourth-order valence-electron chi connectivity index (χ4n) is 1.99. The van der Waals surface area contributed by atoms with Crippen LogP contribution in [0.3, 0.4) is 0 Å². The number of rotatable bonds is 8. The molecule has 5 N–H and O–H groups in total. The number of aliphatic carboxylic acids is 3. The minimum atomic E-state index is -1.31. The van der Waals surface area contributed by atoms with Crippen LogP contribution in [0.4, 0.5) is 0 Å². The Hall–Kier alpha value is -3.73. The Labute approximate surface area is 156 Å². The minimum absolute atomic E-state index is 0.0699. The van der Waals surface area contributed by atoms with Crippen LogP contribution in [0.25, 0.3) is 11.0 Å². The predicted octanol–water partition coefficient (Wildman–Crippen LogP) is 0.470. The summed E-state index contributed by atoms with van der Waals surface area (Å²) in [5, 5.41) is 36.7. The molecule has 2 rings (SSSR count). The number of aromatic carboxylic acids is 1. The van der Waals surface area contributed by atoms with Crippen molar-refractivity contribution in [2.45, 2.75) is 18.9 Å². The van der Waals surface area contributed by atoms with Crippen LogP contribution in [0.2, 0.25) is 0 Å². The summed E-state index contributed by atoms with van der Waals surface area (Å²) < 4.78 is 4.82. The molecule has 0 spiro atoms. The van der Waals surface area contributed by atoms with Crippen molar-refractivity contribution in [2.24, 2.45) is 0 Å². The number of carboxylic acid groups (broad SMARTS) is 4. The quantitative estimate of drug-likeness (QED) is 0.390. The monoisotopic (exact) mass is 395 g/mol. The first kappa shape index (κ1) is 22.3. The Morgan fingerprint density at radius 2 is 1.64 bits per heavy atom. The van der Waals surface area contributed by atoms with Crippen LogP contribution < -0.4 is 10.9 Å². The van der Waals surface area contributed by atoms with Crippen molar-refractivity contribution in [1.82, 2.24) is 5.32 Å². The van der Waals surface area contributed by atoms with E-state index in [1.807, 2.05) is 0 Å². The van der Waals surface area contributed by atoms with Crippen molar-refractivity contribution in [3.05, 3.63) is 46.3 Å². The zero-order chi connectivity index (χ0) is 21.3. The number of carboxylic acids is 4. The average Bonchev–Trinajstić information content (AvgIpc) is 2.60. The molecule has 0 fully saturated rings. The van der Waals surface area contributed by atoms with Gasteiger partial charge in [0.05, 0.1) is 12.8 Å². The molecule has 0 aliphatic heterocycles. The van der Waals surface area contributed by atoms with E-state index >= 15 is 0 Å². The van der Waals surface area contributed by atoms with E-state index in [4.69, 9.17) is 24.8 Å². The second-order valence-corrected chi connectivity index (χ2v) is 5.38. The number of para-hydroxylation sites is 1. The molecule has 1 atom stereocenters. The van der Waals surface area contributed by atoms with Crippen molar-refractivity contribution in [2.75, 3.05) is 6.54 Å². The average molecular weight is 395 g/mol. The number of nitrogens with one attached hydrogen (secondary N) is 1. The van der Waals surface area contributed by atoms with Crippen LogP contribution in [-0.2, 0) is 14.4 Å². The van der Waals surface area contributed by atoms with Gasteiger partial charge in [-0.15, -0.1) is 0 Å². The molecule has 0 radical (unpaired) electrons. The molecule has 0 aliphatic rings. The molecule has 11 nitrogen and oxygen atoms in total. The third-order valence-electron chi connectivity index (χ3n) is 3.28. The second kappa shape index (κ2) is 10.4. The van der Waals surface area contributed by atoms with E-state index < -0.39 is 42.0 Å². The lowest BCUT2D eigenvalue weighted by Gasteiger charge is -2.10. The summed E-state index contributed by atoms with van der Waals surface area (Å²) in [6, 6.07) is 6.82. The molecular formula is C17H17NO10. The van der Waals surface area contributed by atoms with Crippen molar-refractivity contribution in [3.63, 3.8) is 0 Å². The zero-order valence-corrected chi connectivity index (χ0v) is 14.3. The maximum Gasteiger partial charge on any atom is 0.351 e. The first-order valence-electron chi connectivity index (χ1n) is 7.77. The van der Waals surface area contributed by atoms with Gasteiger partial charge in [0.2, 0.25) is 0 Å². The van der Waals surface area contributed by atoms with Crippen molar-refractivity contribution in [3.8, 4) is 0 Å². The van der Waals surface area contributed by atoms with Crippen LogP contribution in [0.15, 0.2) is 39.5 Å². The molecule has 150 valence electrons. The van der Waals surface area contributed by atoms with Crippen LogP contribution in [0, 0.1) is 0 Å². The minimum Gasteiger partial charge on any atom is -0.481 e. The molecule has 28 heavy (non-hydrogen) atoms. The SMILES string of the molecule is O=C(O)CCNC(CC(=O)O)C(=O)O.O=C(O)c1cc2ccccc2oc1=O. The van der Waals surface area contributed by atoms with Gasteiger partial charge in [-0.05, 0) is 12.1 Å². The van der Waals surface area contributed by atoms with Crippen molar-refractivity contribution < 1.29 is 44.0 Å². The number of hydrogen-bond donors (Lipinski definition) is 5. The highest BCUT2D eigenvalue weighted by molar-refractivity contribution is 5.91. The van der Waals surface area contributed by atoms with Gasteiger partial charge in [0.15, 0.2) is 0 Å². The van der Waals surface area contributed by atoms with Crippen LogP contribution in [0.1, 0.15) is 23.2 Å². The molecule has 0 aliphatic carbocycles. The molecule has 0 saturated carbocycles. The summed E-state index contributed by atoms with van der Waals surface area (Å²) in [4.78, 5) is 52.4. The smallest absolute Gasteiger partial charge is 0.351 e. The van der Waals surface area contributed by atoms with E-state index in [0.29, 0.717) is 11.0 Å². The lowest BCUT2D eigenvalue weighted by atomic mass is 10.2. The highest BCUT2D eigenvalue weighted by atomic mass is 16.4. The summed E-state index contributed by atoms with van der Waals surface area (Å²) >= 11 is 0. The molecule has 1 aromatic carbocycles. The van der Waals surface area contributed by atoms with Gasteiger partial charge in [-0.25, -0.2) is 9.59 Å². The lowest BCUT2D eigenvalue weighted by molar-refractivity contribution is -0.146. The third-order valence-corrected chi connectivity index (χ3v) is 3.28. The van der Waals surface area contributed by atoms with E-state index in [9.17, 15) is 24.0 Å². The molecule has 1 heterocycles. The molecule has 0 saturated heterocycles. The zero-order valence-electron chi connectivity index (χ0n) is 14.3. The summed E-state index contributed by atoms with van der Waals surface area (Å²) in [5.41, 5.74) is -0.776. The predicted molar refractivity (Wildman–Crippen MR) is 93.4 cm³/mol. The Morgan fingerprint density at radius 1 is 1.00 bits per heavy atom. The number of hydrogen-bond acceptors (Lipinski definition) is 7. The fourth-order valence-corrected chi connectivity index (χ4v) is 1.99. The number of carbonyl (C=O) groups is 4. The molecule has 1 unspecified atom stereocenters. The Bertz CT molecular complexity index is 933. The van der Waals surface area contributed by atoms with E-state index in [2.05, 4.69) is 5.32 Å². The Morgan fingerprint density at radius 3 is 2.18 bits per heavy atom. The Balaban J connectivity index is 0.000000280. The molecule has 1 aromatic heterocycles. The van der Waals surface area contributed by atoms with Crippen molar-refractivity contribution in [1.29, 1.82) is 0 Å². The first-order chi connectivity index (χ1) is 13.1. The first-order valence-corrected chi connectivity index (χ1v) is 7.77. The maximum atomic E-state index is 11.1. The van der Waals surface area contributed by atoms with E-state index in [1.165, 1.54) is 6.07 Å². The third kappa shape index (κ3) is 7.25. The summed E-state index contributed by atoms with van der Waals surface area (Å²) in [6.45, 7) is -0.0699. The Kier molecular flexibility index (Phi) is 8.31. The molecule has 11 heteroatoms. The standard InChI is InChI=1S/C10H6O4.C7H11NO6/c11-9(12)7-5-6-3-1-2-4-8(6)14-10(7)13;9-5(10)1-2-8-4(7(13)14)3-6(11)12/h1-5H,(H,11,12);4,8H,1-3H2,(H,9,10)(H,11,12)(H,13,14). The second-order valence-electron chi connectivity index (χ2n) is 5.38. The fraction of sp³-hybridized carbons (Fsp3) is 0.235. The van der Waals surface area contributed by atoms with Crippen LogP contribution >= 0.6 is 0 Å². The van der Waals surface area contributed by atoms with Gasteiger partial charge in [-0.3, -0.25) is 14.4 Å². The van der Waals surface area contributed by atoms with Gasteiger partial charge >= 0.3 is 29.5 Å². The topological polar surface area (TPSA) is 191 Å². The van der Waals surface area contributed by atoms with E-state index in [-0.39, 0.29) is 18.5 Å². The lowest BCUT2D eigenvalue weighted by Crippen LogP contribution is -2.39. The van der Waals surface area contributed by atoms with Gasteiger partial charge in [-0.1, -0.05) is 18.2 Å². The summed E-state index contributed by atoms with van der Waals surface area (Å²) in [7, 11) is 0. The molecular weight excluding hydrogens is 378 g/mol. The normalized spacial score (nSPS) is 11.1. The highest BCUT2D eigenvalue weighted by Gasteiger charge is 2.20. The summed E-state index contributed by atoms with van der Waals surface area (Å²) in [6.07, 6.45) is -0.821. The molecule has 0 bridgehead atoms. The van der Waals surface area contributed by atoms with Gasteiger partial charge < -0.3 is 30.2 Å². The van der Waals surface area contributed by atoms with Crippen LogP contribution in [-0.4, -0.2) is 56.9 Å². The van der Waals surface area contributed by atoms with E-state index in [1.54, 1.807) is 24.3 Å². The van der Waals surface area contributed by atoms with E-state index in [0.717, 1.165) is 0 Å². The van der Waals surface area contributed by atoms with Gasteiger partial charge in [0, 0.05) is 11.9 Å². The largest absolute Gasteiger partial charge is 0.481 e.